The Bertz CT molecular complexity index is 169. The molecule has 0 aliphatic heterocycles. The Kier molecular flexibility index (Phi) is 3.45. The zero-order valence-electron chi connectivity index (χ0n) is 9.24. The first-order valence-corrected chi connectivity index (χ1v) is 6.18. The summed E-state index contributed by atoms with van der Waals surface area (Å²) in [5.41, 5.74) is 6.02. The zero-order valence-corrected chi connectivity index (χ0v) is 9.24. The van der Waals surface area contributed by atoms with Crippen molar-refractivity contribution in [3.63, 3.8) is 0 Å². The van der Waals surface area contributed by atoms with E-state index in [9.17, 15) is 0 Å². The van der Waals surface area contributed by atoms with Crippen LogP contribution in [-0.4, -0.2) is 18.8 Å². The van der Waals surface area contributed by atoms with Crippen LogP contribution in [0.25, 0.3) is 0 Å². The quantitative estimate of drug-likeness (QED) is 0.702. The Labute approximate surface area is 87.2 Å². The SMILES string of the molecule is CCCCO[C@H]1[C@@H]2CC[C@H]1CC(N)C2. The van der Waals surface area contributed by atoms with E-state index in [4.69, 9.17) is 10.5 Å². The second-order valence-electron chi connectivity index (χ2n) is 5.02. The molecule has 0 amide bonds. The van der Waals surface area contributed by atoms with Gasteiger partial charge in [-0.2, -0.15) is 0 Å². The van der Waals surface area contributed by atoms with Crippen molar-refractivity contribution in [3.05, 3.63) is 0 Å². The summed E-state index contributed by atoms with van der Waals surface area (Å²) in [5.74, 6) is 1.56. The van der Waals surface area contributed by atoms with E-state index in [1.807, 2.05) is 0 Å². The van der Waals surface area contributed by atoms with Crippen LogP contribution in [-0.2, 0) is 4.74 Å². The van der Waals surface area contributed by atoms with E-state index >= 15 is 0 Å². The Morgan fingerprint density at radius 2 is 1.86 bits per heavy atom. The van der Waals surface area contributed by atoms with Gasteiger partial charge in [0.25, 0.3) is 0 Å². The van der Waals surface area contributed by atoms with Gasteiger partial charge in [0.2, 0.25) is 0 Å². The third-order valence-corrected chi connectivity index (χ3v) is 3.86. The van der Waals surface area contributed by atoms with E-state index in [0.29, 0.717) is 12.1 Å². The molecule has 4 atom stereocenters. The van der Waals surface area contributed by atoms with Crippen LogP contribution in [0.15, 0.2) is 0 Å². The highest BCUT2D eigenvalue weighted by Crippen LogP contribution is 2.43. The molecule has 0 radical (unpaired) electrons. The minimum Gasteiger partial charge on any atom is -0.378 e. The summed E-state index contributed by atoms with van der Waals surface area (Å²) in [6, 6.07) is 0.457. The standard InChI is InChI=1S/C12H23NO/c1-2-3-6-14-12-9-4-5-10(12)8-11(13)7-9/h9-12H,2-8,13H2,1H3/t9-,10+,11?,12+. The molecule has 14 heavy (non-hydrogen) atoms. The van der Waals surface area contributed by atoms with Crippen LogP contribution in [0.1, 0.15) is 45.4 Å². The summed E-state index contributed by atoms with van der Waals surface area (Å²) in [6.07, 6.45) is 8.12. The topological polar surface area (TPSA) is 35.2 Å². The lowest BCUT2D eigenvalue weighted by molar-refractivity contribution is -0.0238. The van der Waals surface area contributed by atoms with Crippen molar-refractivity contribution < 1.29 is 4.74 Å². The Hall–Kier alpha value is -0.0800. The average Bonchev–Trinajstić information content (AvgIpc) is 2.42. The van der Waals surface area contributed by atoms with E-state index in [2.05, 4.69) is 6.92 Å². The maximum Gasteiger partial charge on any atom is 0.0632 e. The molecular weight excluding hydrogens is 174 g/mol. The molecule has 0 aromatic heterocycles. The number of ether oxygens (including phenoxy) is 1. The lowest BCUT2D eigenvalue weighted by Crippen LogP contribution is -2.39. The van der Waals surface area contributed by atoms with Gasteiger partial charge in [0.1, 0.15) is 0 Å². The smallest absolute Gasteiger partial charge is 0.0632 e. The van der Waals surface area contributed by atoms with Crippen LogP contribution in [0.5, 0.6) is 0 Å². The van der Waals surface area contributed by atoms with Crippen LogP contribution in [0.2, 0.25) is 0 Å². The lowest BCUT2D eigenvalue weighted by atomic mass is 9.83. The molecule has 82 valence electrons. The molecule has 0 aromatic carbocycles. The monoisotopic (exact) mass is 197 g/mol. The van der Waals surface area contributed by atoms with Crippen molar-refractivity contribution in [3.8, 4) is 0 Å². The molecule has 2 fully saturated rings. The Morgan fingerprint density at radius 1 is 1.21 bits per heavy atom. The number of hydrogen-bond donors (Lipinski definition) is 1. The Morgan fingerprint density at radius 3 is 2.43 bits per heavy atom. The van der Waals surface area contributed by atoms with Gasteiger partial charge in [-0.25, -0.2) is 0 Å². The van der Waals surface area contributed by atoms with Crippen LogP contribution in [0.3, 0.4) is 0 Å². The van der Waals surface area contributed by atoms with Crippen LogP contribution >= 0.6 is 0 Å². The summed E-state index contributed by atoms with van der Waals surface area (Å²) in [6.45, 7) is 3.18. The molecule has 2 aliphatic rings. The van der Waals surface area contributed by atoms with Crippen LogP contribution < -0.4 is 5.73 Å². The number of fused-ring (bicyclic) bond motifs is 2. The van der Waals surface area contributed by atoms with Gasteiger partial charge < -0.3 is 10.5 Å². The first-order valence-electron chi connectivity index (χ1n) is 6.18. The summed E-state index contributed by atoms with van der Waals surface area (Å²) < 4.78 is 6.00. The van der Waals surface area contributed by atoms with E-state index in [1.165, 1.54) is 38.5 Å². The molecule has 0 saturated heterocycles. The zero-order chi connectivity index (χ0) is 9.97. The van der Waals surface area contributed by atoms with Crippen molar-refractivity contribution in [1.29, 1.82) is 0 Å². The Balaban J connectivity index is 1.82. The maximum atomic E-state index is 6.02. The summed E-state index contributed by atoms with van der Waals surface area (Å²) in [7, 11) is 0. The van der Waals surface area contributed by atoms with Crippen molar-refractivity contribution in [2.24, 2.45) is 17.6 Å². The van der Waals surface area contributed by atoms with Crippen LogP contribution in [0.4, 0.5) is 0 Å². The van der Waals surface area contributed by atoms with Gasteiger partial charge in [0, 0.05) is 12.6 Å². The van der Waals surface area contributed by atoms with Gasteiger partial charge in [-0.15, -0.1) is 0 Å². The van der Waals surface area contributed by atoms with Crippen molar-refractivity contribution in [2.75, 3.05) is 6.61 Å². The molecule has 2 nitrogen and oxygen atoms in total. The number of hydrogen-bond acceptors (Lipinski definition) is 2. The predicted molar refractivity (Wildman–Crippen MR) is 58.1 cm³/mol. The van der Waals surface area contributed by atoms with Crippen LogP contribution in [0, 0.1) is 11.8 Å². The van der Waals surface area contributed by atoms with Gasteiger partial charge >= 0.3 is 0 Å². The molecular formula is C12H23NO. The lowest BCUT2D eigenvalue weighted by Gasteiger charge is -2.33. The highest BCUT2D eigenvalue weighted by Gasteiger charge is 2.42. The summed E-state index contributed by atoms with van der Waals surface area (Å²) in [4.78, 5) is 0. The molecule has 2 heteroatoms. The molecule has 0 spiro atoms. The highest BCUT2D eigenvalue weighted by atomic mass is 16.5. The fourth-order valence-electron chi connectivity index (χ4n) is 3.16. The van der Waals surface area contributed by atoms with E-state index < -0.39 is 0 Å². The molecule has 1 unspecified atom stereocenters. The van der Waals surface area contributed by atoms with E-state index in [1.54, 1.807) is 0 Å². The number of unbranched alkanes of at least 4 members (excludes halogenated alkanes) is 1. The summed E-state index contributed by atoms with van der Waals surface area (Å²) >= 11 is 0. The first-order chi connectivity index (χ1) is 6.81. The normalized spacial score (nSPS) is 41.6. The molecule has 2 saturated carbocycles. The fraction of sp³-hybridized carbons (Fsp3) is 1.00. The first kappa shape index (κ1) is 10.4. The van der Waals surface area contributed by atoms with Crippen molar-refractivity contribution >= 4 is 0 Å². The van der Waals surface area contributed by atoms with Gasteiger partial charge in [-0.05, 0) is 43.9 Å². The summed E-state index contributed by atoms with van der Waals surface area (Å²) in [5, 5.41) is 0. The molecule has 0 aromatic rings. The molecule has 2 rings (SSSR count). The van der Waals surface area contributed by atoms with Crippen molar-refractivity contribution in [1.82, 2.24) is 0 Å². The molecule has 2 bridgehead atoms. The average molecular weight is 197 g/mol. The second kappa shape index (κ2) is 4.63. The van der Waals surface area contributed by atoms with E-state index in [0.717, 1.165) is 18.4 Å². The maximum absolute atomic E-state index is 6.02. The number of rotatable bonds is 4. The van der Waals surface area contributed by atoms with Gasteiger partial charge in [-0.1, -0.05) is 13.3 Å². The molecule has 0 heterocycles. The second-order valence-corrected chi connectivity index (χ2v) is 5.02. The predicted octanol–water partition coefficient (Wildman–Crippen LogP) is 2.32. The third kappa shape index (κ3) is 2.12. The minimum absolute atomic E-state index is 0.457. The van der Waals surface area contributed by atoms with Gasteiger partial charge in [0.05, 0.1) is 6.10 Å². The highest BCUT2D eigenvalue weighted by molar-refractivity contribution is 4.94. The largest absolute Gasteiger partial charge is 0.378 e. The minimum atomic E-state index is 0.457. The van der Waals surface area contributed by atoms with Gasteiger partial charge in [-0.3, -0.25) is 0 Å². The fourth-order valence-corrected chi connectivity index (χ4v) is 3.16. The number of nitrogens with two attached hydrogens (primary N) is 1. The van der Waals surface area contributed by atoms with E-state index in [-0.39, 0.29) is 0 Å². The molecule has 2 N–H and O–H groups in total. The third-order valence-electron chi connectivity index (χ3n) is 3.86. The van der Waals surface area contributed by atoms with Gasteiger partial charge in [0.15, 0.2) is 0 Å². The van der Waals surface area contributed by atoms with Crippen molar-refractivity contribution in [2.45, 2.75) is 57.6 Å². The molecule has 2 aliphatic carbocycles.